The lowest BCUT2D eigenvalue weighted by Crippen LogP contribution is -2.49. The summed E-state index contributed by atoms with van der Waals surface area (Å²) in [6.45, 7) is 10.4. The average Bonchev–Trinajstić information content (AvgIpc) is 3.82. The van der Waals surface area contributed by atoms with E-state index < -0.39 is 0 Å². The number of fused-ring (bicyclic) bond motifs is 2. The van der Waals surface area contributed by atoms with Gasteiger partial charge < -0.3 is 30.1 Å². The van der Waals surface area contributed by atoms with Crippen LogP contribution >= 0.6 is 0 Å². The van der Waals surface area contributed by atoms with Gasteiger partial charge in [0.25, 0.3) is 5.91 Å². The Balaban J connectivity index is 0.913. The molecule has 12 heteroatoms. The largest absolute Gasteiger partial charge is 0.377 e. The molecule has 49 heavy (non-hydrogen) atoms. The normalized spacial score (nSPS) is 25.5. The Hall–Kier alpha value is -4.29. The number of hydrogen-bond acceptors (Lipinski definition) is 9. The molecule has 12 nitrogen and oxygen atoms in total. The van der Waals surface area contributed by atoms with Gasteiger partial charge in [-0.05, 0) is 107 Å². The minimum absolute atomic E-state index is 0.0429. The number of morpholine rings is 1. The zero-order valence-electron chi connectivity index (χ0n) is 28.6. The van der Waals surface area contributed by atoms with E-state index in [2.05, 4.69) is 39.2 Å². The molecule has 1 aliphatic carbocycles. The smallest absolute Gasteiger partial charge is 0.323 e. The highest BCUT2D eigenvalue weighted by Gasteiger charge is 2.40. The van der Waals surface area contributed by atoms with E-state index in [1.54, 1.807) is 24.3 Å². The molecule has 1 saturated carbocycles. The monoisotopic (exact) mass is 665 g/mol. The van der Waals surface area contributed by atoms with E-state index in [-0.39, 0.29) is 24.0 Å². The summed E-state index contributed by atoms with van der Waals surface area (Å²) in [6, 6.07) is 15.7. The molecule has 0 radical (unpaired) electrons. The summed E-state index contributed by atoms with van der Waals surface area (Å²) in [6.07, 6.45) is 7.09. The molecule has 1 aromatic heterocycles. The maximum absolute atomic E-state index is 13.1. The van der Waals surface area contributed by atoms with Gasteiger partial charge in [-0.15, -0.1) is 0 Å². The van der Waals surface area contributed by atoms with Crippen LogP contribution in [0.25, 0.3) is 11.4 Å². The first-order chi connectivity index (χ1) is 23.9. The van der Waals surface area contributed by atoms with E-state index in [1.165, 1.54) is 19.4 Å². The number of ether oxygens (including phenoxy) is 1. The summed E-state index contributed by atoms with van der Waals surface area (Å²) in [5.74, 6) is 2.99. The third-order valence-electron chi connectivity index (χ3n) is 10.9. The predicted molar refractivity (Wildman–Crippen MR) is 190 cm³/mol. The second-order valence-electron chi connectivity index (χ2n) is 14.5. The van der Waals surface area contributed by atoms with Gasteiger partial charge in [0.05, 0.1) is 25.3 Å². The second-order valence-corrected chi connectivity index (χ2v) is 14.5. The van der Waals surface area contributed by atoms with Gasteiger partial charge in [-0.25, -0.2) is 4.79 Å². The van der Waals surface area contributed by atoms with Crippen molar-refractivity contribution in [2.45, 2.75) is 76.5 Å². The number of anilines is 4. The number of rotatable bonds is 8. The zero-order valence-corrected chi connectivity index (χ0v) is 28.6. The molecule has 5 fully saturated rings. The fraction of sp³-hybridized carbons (Fsp3) is 0.541. The number of piperazine rings is 1. The first-order valence-corrected chi connectivity index (χ1v) is 18.1. The number of benzene rings is 2. The van der Waals surface area contributed by atoms with Crippen molar-refractivity contribution in [3.05, 3.63) is 54.1 Å². The zero-order chi connectivity index (χ0) is 33.5. The summed E-state index contributed by atoms with van der Waals surface area (Å²) < 4.78 is 5.84. The van der Waals surface area contributed by atoms with Crippen molar-refractivity contribution >= 4 is 35.2 Å². The van der Waals surface area contributed by atoms with Crippen LogP contribution in [0.5, 0.6) is 0 Å². The fourth-order valence-electron chi connectivity index (χ4n) is 7.93. The van der Waals surface area contributed by atoms with Gasteiger partial charge in [0.1, 0.15) is 0 Å². The molecule has 2 bridgehead atoms. The van der Waals surface area contributed by atoms with Crippen molar-refractivity contribution in [1.82, 2.24) is 24.8 Å². The first kappa shape index (κ1) is 31.9. The van der Waals surface area contributed by atoms with Gasteiger partial charge in [0, 0.05) is 67.3 Å². The molecule has 5 aliphatic rings. The SMILES string of the molecule is C[C@@H]1CC[C@H](C)N1c1nc(-c2ccc(NC(=O)Nc3ccc(C(=O)N4CCN(CC5CC5)CC4)cc3)cc2)nc(N2C3CCC2COC3)n1. The van der Waals surface area contributed by atoms with Gasteiger partial charge in [-0.1, -0.05) is 0 Å². The number of urea groups is 1. The molecule has 4 aliphatic heterocycles. The third kappa shape index (κ3) is 6.94. The van der Waals surface area contributed by atoms with Crippen molar-refractivity contribution < 1.29 is 14.3 Å². The molecule has 3 amide bonds. The van der Waals surface area contributed by atoms with Crippen molar-refractivity contribution in [2.75, 3.05) is 66.4 Å². The molecule has 0 spiro atoms. The standard InChI is InChI=1S/C37H47N9O3/c1-24-3-4-25(2)45(24)35-40-33(41-36(42-35)46-31-15-16-32(46)23-49-22-31)27-7-11-29(12-8-27)38-37(48)39-30-13-9-28(10-14-30)34(47)44-19-17-43(18-20-44)21-26-5-6-26/h7-14,24-26,31-32H,3-6,15-23H2,1-2H3,(H2,38,39,48)/t24-,25+,31?,32?. The number of carbonyl (C=O) groups excluding carboxylic acids is 2. The summed E-state index contributed by atoms with van der Waals surface area (Å²) in [7, 11) is 0. The predicted octanol–water partition coefficient (Wildman–Crippen LogP) is 5.10. The van der Waals surface area contributed by atoms with Crippen LogP contribution in [0.2, 0.25) is 0 Å². The van der Waals surface area contributed by atoms with Crippen LogP contribution in [0.3, 0.4) is 0 Å². The van der Waals surface area contributed by atoms with Crippen LogP contribution in [-0.4, -0.2) is 107 Å². The van der Waals surface area contributed by atoms with Crippen LogP contribution in [0.4, 0.5) is 28.1 Å². The minimum atomic E-state index is -0.358. The number of carbonyl (C=O) groups is 2. The number of aromatic nitrogens is 3. The Bertz CT molecular complexity index is 1630. The topological polar surface area (TPSA) is 119 Å². The molecule has 5 heterocycles. The molecule has 4 atom stereocenters. The van der Waals surface area contributed by atoms with E-state index in [1.807, 2.05) is 29.2 Å². The van der Waals surface area contributed by atoms with Crippen LogP contribution < -0.4 is 20.4 Å². The number of amides is 3. The van der Waals surface area contributed by atoms with Crippen LogP contribution in [0, 0.1) is 5.92 Å². The molecular weight excluding hydrogens is 618 g/mol. The van der Waals surface area contributed by atoms with Gasteiger partial charge in [0.2, 0.25) is 11.9 Å². The average molecular weight is 666 g/mol. The summed E-state index contributed by atoms with van der Waals surface area (Å²) in [4.78, 5) is 50.1. The Morgan fingerprint density at radius 2 is 1.29 bits per heavy atom. The molecule has 2 N–H and O–H groups in total. The molecular formula is C37H47N9O3. The lowest BCUT2D eigenvalue weighted by atomic mass is 10.1. The lowest BCUT2D eigenvalue weighted by molar-refractivity contribution is 0.0632. The molecule has 2 unspecified atom stereocenters. The van der Waals surface area contributed by atoms with E-state index in [0.717, 1.165) is 75.2 Å². The molecule has 258 valence electrons. The highest BCUT2D eigenvalue weighted by atomic mass is 16.5. The highest BCUT2D eigenvalue weighted by Crippen LogP contribution is 2.36. The molecule has 2 aromatic carbocycles. The van der Waals surface area contributed by atoms with Crippen molar-refractivity contribution in [3.63, 3.8) is 0 Å². The maximum Gasteiger partial charge on any atom is 0.323 e. The Morgan fingerprint density at radius 3 is 1.88 bits per heavy atom. The summed E-state index contributed by atoms with van der Waals surface area (Å²) in [5, 5.41) is 5.80. The Kier molecular flexibility index (Phi) is 8.83. The van der Waals surface area contributed by atoms with E-state index in [9.17, 15) is 9.59 Å². The van der Waals surface area contributed by atoms with Gasteiger partial charge >= 0.3 is 6.03 Å². The van der Waals surface area contributed by atoms with Crippen LogP contribution in [0.1, 0.15) is 62.7 Å². The van der Waals surface area contributed by atoms with Crippen LogP contribution in [-0.2, 0) is 4.74 Å². The quantitative estimate of drug-likeness (QED) is 0.339. The van der Waals surface area contributed by atoms with Gasteiger partial charge in [-0.2, -0.15) is 15.0 Å². The van der Waals surface area contributed by atoms with Crippen molar-refractivity contribution in [1.29, 1.82) is 0 Å². The molecule has 3 aromatic rings. The lowest BCUT2D eigenvalue weighted by Gasteiger charge is -2.35. The van der Waals surface area contributed by atoms with Crippen molar-refractivity contribution in [2.24, 2.45) is 5.92 Å². The fourth-order valence-corrected chi connectivity index (χ4v) is 7.93. The van der Waals surface area contributed by atoms with E-state index in [4.69, 9.17) is 19.7 Å². The summed E-state index contributed by atoms with van der Waals surface area (Å²) in [5.41, 5.74) is 2.77. The Morgan fingerprint density at radius 1 is 0.714 bits per heavy atom. The number of nitrogens with one attached hydrogen (secondary N) is 2. The number of nitrogens with zero attached hydrogens (tertiary/aromatic N) is 7. The van der Waals surface area contributed by atoms with E-state index in [0.29, 0.717) is 48.1 Å². The number of hydrogen-bond donors (Lipinski definition) is 2. The minimum Gasteiger partial charge on any atom is -0.377 e. The third-order valence-corrected chi connectivity index (χ3v) is 10.9. The van der Waals surface area contributed by atoms with Gasteiger partial charge in [0.15, 0.2) is 5.82 Å². The highest BCUT2D eigenvalue weighted by molar-refractivity contribution is 6.00. The van der Waals surface area contributed by atoms with Crippen LogP contribution in [0.15, 0.2) is 48.5 Å². The van der Waals surface area contributed by atoms with Gasteiger partial charge in [-0.3, -0.25) is 9.69 Å². The maximum atomic E-state index is 13.1. The Labute approximate surface area is 288 Å². The second kappa shape index (κ2) is 13.5. The first-order valence-electron chi connectivity index (χ1n) is 18.1. The molecule has 8 rings (SSSR count). The molecule has 4 saturated heterocycles. The van der Waals surface area contributed by atoms with E-state index >= 15 is 0 Å². The van der Waals surface area contributed by atoms with Crippen molar-refractivity contribution in [3.8, 4) is 11.4 Å². The summed E-state index contributed by atoms with van der Waals surface area (Å²) >= 11 is 0.